The molecule has 0 saturated carbocycles. The van der Waals surface area contributed by atoms with Crippen molar-refractivity contribution in [3.05, 3.63) is 23.1 Å². The van der Waals surface area contributed by atoms with E-state index in [1.165, 1.54) is 0 Å². The highest BCUT2D eigenvalue weighted by Crippen LogP contribution is 2.26. The summed E-state index contributed by atoms with van der Waals surface area (Å²) in [6, 6.07) is 0.395. The standard InChI is InChI=1S/C8H4F5NO3/c9-2-3-1-4(7(15)16)5(10)14-6(3)17-8(11,12)13/h1H,2H2,(H,15,16). The summed E-state index contributed by atoms with van der Waals surface area (Å²) in [6.07, 6.45) is -5.17. The van der Waals surface area contributed by atoms with Gasteiger partial charge in [0.15, 0.2) is 0 Å². The van der Waals surface area contributed by atoms with Crippen LogP contribution in [-0.2, 0) is 6.67 Å². The van der Waals surface area contributed by atoms with Crippen LogP contribution in [0.15, 0.2) is 6.07 Å². The normalized spacial score (nSPS) is 11.4. The fraction of sp³-hybridized carbons (Fsp3) is 0.250. The third-order valence-electron chi connectivity index (χ3n) is 1.60. The molecule has 0 spiro atoms. The Kier molecular flexibility index (Phi) is 3.49. The molecule has 0 aliphatic carbocycles. The average Bonchev–Trinajstić information content (AvgIpc) is 2.14. The Labute approximate surface area is 90.6 Å². The summed E-state index contributed by atoms with van der Waals surface area (Å²) in [5.74, 6) is -4.81. The second-order valence-corrected chi connectivity index (χ2v) is 2.78. The smallest absolute Gasteiger partial charge is 0.478 e. The van der Waals surface area contributed by atoms with Crippen LogP contribution >= 0.6 is 0 Å². The Hall–Kier alpha value is -1.93. The van der Waals surface area contributed by atoms with Crippen LogP contribution in [0.5, 0.6) is 5.88 Å². The quantitative estimate of drug-likeness (QED) is 0.666. The minimum Gasteiger partial charge on any atom is -0.478 e. The van der Waals surface area contributed by atoms with Gasteiger partial charge in [0.05, 0.1) is 0 Å². The van der Waals surface area contributed by atoms with E-state index < -0.39 is 42.0 Å². The van der Waals surface area contributed by atoms with E-state index in [4.69, 9.17) is 5.11 Å². The van der Waals surface area contributed by atoms with Crippen LogP contribution in [0.25, 0.3) is 0 Å². The first-order valence-corrected chi connectivity index (χ1v) is 3.99. The highest BCUT2D eigenvalue weighted by molar-refractivity contribution is 5.87. The lowest BCUT2D eigenvalue weighted by atomic mass is 10.2. The molecule has 1 aromatic rings. The summed E-state index contributed by atoms with van der Waals surface area (Å²) in [5, 5.41) is 8.44. The van der Waals surface area contributed by atoms with E-state index in [-0.39, 0.29) is 0 Å². The molecule has 1 rings (SSSR count). The molecule has 0 fully saturated rings. The van der Waals surface area contributed by atoms with Gasteiger partial charge >= 0.3 is 12.3 Å². The largest absolute Gasteiger partial charge is 0.574 e. The van der Waals surface area contributed by atoms with Crippen molar-refractivity contribution < 1.29 is 36.6 Å². The number of nitrogens with zero attached hydrogens (tertiary/aromatic N) is 1. The highest BCUT2D eigenvalue weighted by Gasteiger charge is 2.33. The van der Waals surface area contributed by atoms with Gasteiger partial charge in [0.1, 0.15) is 12.2 Å². The molecule has 0 aliphatic rings. The Morgan fingerprint density at radius 1 is 1.47 bits per heavy atom. The zero-order valence-corrected chi connectivity index (χ0v) is 7.89. The van der Waals surface area contributed by atoms with E-state index in [1.807, 2.05) is 0 Å². The lowest BCUT2D eigenvalue weighted by Gasteiger charge is -2.11. The third kappa shape index (κ3) is 3.26. The van der Waals surface area contributed by atoms with Gasteiger partial charge in [0.25, 0.3) is 0 Å². The predicted octanol–water partition coefficient (Wildman–Crippen LogP) is 2.29. The molecule has 1 N–H and O–H groups in total. The number of halogens is 5. The molecule has 0 saturated heterocycles. The van der Waals surface area contributed by atoms with E-state index in [1.54, 1.807) is 0 Å². The number of carbonyl (C=O) groups is 1. The van der Waals surface area contributed by atoms with E-state index in [2.05, 4.69) is 9.72 Å². The van der Waals surface area contributed by atoms with Crippen molar-refractivity contribution in [1.29, 1.82) is 0 Å². The molecule has 0 atom stereocenters. The van der Waals surface area contributed by atoms with E-state index in [0.717, 1.165) is 0 Å². The third-order valence-corrected chi connectivity index (χ3v) is 1.60. The zero-order valence-electron chi connectivity index (χ0n) is 7.89. The van der Waals surface area contributed by atoms with E-state index >= 15 is 0 Å². The summed E-state index contributed by atoms with van der Waals surface area (Å²) < 4.78 is 64.0. The number of alkyl halides is 4. The number of carboxylic acids is 1. The number of carboxylic acid groups (broad SMARTS) is 1. The van der Waals surface area contributed by atoms with Gasteiger partial charge in [-0.2, -0.15) is 9.37 Å². The number of aromatic nitrogens is 1. The maximum absolute atomic E-state index is 12.9. The lowest BCUT2D eigenvalue weighted by Crippen LogP contribution is -2.20. The van der Waals surface area contributed by atoms with Crippen LogP contribution < -0.4 is 4.74 Å². The van der Waals surface area contributed by atoms with Crippen LogP contribution in [0.2, 0.25) is 0 Å². The van der Waals surface area contributed by atoms with Crippen LogP contribution in [-0.4, -0.2) is 22.4 Å². The molecule has 0 aromatic carbocycles. The fourth-order valence-electron chi connectivity index (χ4n) is 0.960. The average molecular weight is 257 g/mol. The first-order chi connectivity index (χ1) is 7.74. The number of rotatable bonds is 3. The van der Waals surface area contributed by atoms with Crippen LogP contribution in [0, 0.1) is 5.95 Å². The molecule has 0 aliphatic heterocycles. The highest BCUT2D eigenvalue weighted by atomic mass is 19.4. The zero-order chi connectivity index (χ0) is 13.2. The van der Waals surface area contributed by atoms with Crippen molar-refractivity contribution in [2.24, 2.45) is 0 Å². The Balaban J connectivity index is 3.24. The minimum atomic E-state index is -5.17. The van der Waals surface area contributed by atoms with Crippen molar-refractivity contribution in [2.75, 3.05) is 0 Å². The predicted molar refractivity (Wildman–Crippen MR) is 42.6 cm³/mol. The molecule has 94 valence electrons. The summed E-state index contributed by atoms with van der Waals surface area (Å²) in [7, 11) is 0. The molecular formula is C8H4F5NO3. The van der Waals surface area contributed by atoms with Crippen molar-refractivity contribution in [3.8, 4) is 5.88 Å². The number of hydrogen-bond donors (Lipinski definition) is 1. The summed E-state index contributed by atoms with van der Waals surface area (Å²) in [4.78, 5) is 13.0. The minimum absolute atomic E-state index is 0.395. The molecule has 0 unspecified atom stereocenters. The van der Waals surface area contributed by atoms with Gasteiger partial charge < -0.3 is 9.84 Å². The Bertz CT molecular complexity index is 446. The van der Waals surface area contributed by atoms with Crippen LogP contribution in [0.3, 0.4) is 0 Å². The fourth-order valence-corrected chi connectivity index (χ4v) is 0.960. The Morgan fingerprint density at radius 2 is 2.06 bits per heavy atom. The first kappa shape index (κ1) is 13.1. The Morgan fingerprint density at radius 3 is 2.47 bits per heavy atom. The number of hydrogen-bond acceptors (Lipinski definition) is 3. The summed E-state index contributed by atoms with van der Waals surface area (Å²) in [6.45, 7) is -1.47. The second kappa shape index (κ2) is 4.52. The first-order valence-electron chi connectivity index (χ1n) is 3.99. The van der Waals surface area contributed by atoms with Gasteiger partial charge in [0, 0.05) is 5.56 Å². The van der Waals surface area contributed by atoms with Gasteiger partial charge in [-0.3, -0.25) is 0 Å². The van der Waals surface area contributed by atoms with Crippen molar-refractivity contribution in [3.63, 3.8) is 0 Å². The van der Waals surface area contributed by atoms with Gasteiger partial charge in [-0.05, 0) is 6.07 Å². The maximum Gasteiger partial charge on any atom is 0.574 e. The number of ether oxygens (including phenoxy) is 1. The van der Waals surface area contributed by atoms with Crippen LogP contribution in [0.4, 0.5) is 22.0 Å². The van der Waals surface area contributed by atoms with Gasteiger partial charge in [-0.25, -0.2) is 9.18 Å². The number of aromatic carboxylic acids is 1. The molecular weight excluding hydrogens is 253 g/mol. The molecule has 1 aromatic heterocycles. The maximum atomic E-state index is 12.9. The summed E-state index contributed by atoms with van der Waals surface area (Å²) in [5.41, 5.74) is -1.84. The molecule has 9 heteroatoms. The molecule has 0 radical (unpaired) electrons. The molecule has 0 bridgehead atoms. The van der Waals surface area contributed by atoms with Crippen molar-refractivity contribution in [1.82, 2.24) is 4.98 Å². The topological polar surface area (TPSA) is 59.4 Å². The van der Waals surface area contributed by atoms with E-state index in [9.17, 15) is 26.7 Å². The van der Waals surface area contributed by atoms with E-state index in [0.29, 0.717) is 6.07 Å². The SMILES string of the molecule is O=C(O)c1cc(CF)c(OC(F)(F)F)nc1F. The van der Waals surface area contributed by atoms with Crippen molar-refractivity contribution in [2.45, 2.75) is 13.0 Å². The van der Waals surface area contributed by atoms with Gasteiger partial charge in [0.2, 0.25) is 11.8 Å². The molecule has 1 heterocycles. The monoisotopic (exact) mass is 257 g/mol. The van der Waals surface area contributed by atoms with Gasteiger partial charge in [-0.15, -0.1) is 13.2 Å². The number of pyridine rings is 1. The van der Waals surface area contributed by atoms with Gasteiger partial charge in [-0.1, -0.05) is 0 Å². The van der Waals surface area contributed by atoms with Crippen LogP contribution in [0.1, 0.15) is 15.9 Å². The second-order valence-electron chi connectivity index (χ2n) is 2.78. The molecule has 0 amide bonds. The molecule has 4 nitrogen and oxygen atoms in total. The summed E-state index contributed by atoms with van der Waals surface area (Å²) >= 11 is 0. The molecule has 17 heavy (non-hydrogen) atoms. The lowest BCUT2D eigenvalue weighted by molar-refractivity contribution is -0.276. The van der Waals surface area contributed by atoms with Crippen molar-refractivity contribution >= 4 is 5.97 Å².